The van der Waals surface area contributed by atoms with Gasteiger partial charge >= 0.3 is 5.97 Å². The van der Waals surface area contributed by atoms with Crippen molar-refractivity contribution in [2.75, 3.05) is 13.7 Å². The van der Waals surface area contributed by atoms with Gasteiger partial charge in [-0.1, -0.05) is 12.1 Å². The Kier molecular flexibility index (Phi) is 6.34. The number of carbonyl (C=O) groups excluding carboxylic acids is 1. The number of benzene rings is 1. The van der Waals surface area contributed by atoms with Crippen molar-refractivity contribution in [2.24, 2.45) is 0 Å². The monoisotopic (exact) mass is 349 g/mol. The van der Waals surface area contributed by atoms with Crippen LogP contribution in [-0.4, -0.2) is 30.7 Å². The lowest BCUT2D eigenvalue weighted by molar-refractivity contribution is -0.139. The maximum absolute atomic E-state index is 12.4. The quantitative estimate of drug-likeness (QED) is 0.765. The second-order valence-corrected chi connectivity index (χ2v) is 6.07. The van der Waals surface area contributed by atoms with Crippen LogP contribution in [0.2, 0.25) is 0 Å². The number of aliphatic carboxylic acids is 1. The van der Waals surface area contributed by atoms with Crippen LogP contribution in [0.5, 0.6) is 5.75 Å². The summed E-state index contributed by atoms with van der Waals surface area (Å²) < 4.78 is 10.2. The zero-order valence-electron chi connectivity index (χ0n) is 13.4. The molecule has 0 fully saturated rings. The van der Waals surface area contributed by atoms with Crippen molar-refractivity contribution in [1.29, 1.82) is 0 Å². The average molecular weight is 349 g/mol. The number of thiophene rings is 1. The molecular weight excluding hydrogens is 330 g/mol. The lowest BCUT2D eigenvalue weighted by Gasteiger charge is -2.15. The number of carboxylic acids is 1. The van der Waals surface area contributed by atoms with Gasteiger partial charge in [-0.25, -0.2) is 4.79 Å². The number of carboxylic acid groups (broad SMARTS) is 1. The molecule has 7 heteroatoms. The van der Waals surface area contributed by atoms with Gasteiger partial charge in [0.05, 0.1) is 17.5 Å². The van der Waals surface area contributed by atoms with E-state index in [2.05, 4.69) is 5.32 Å². The Bertz CT molecular complexity index is 695. The summed E-state index contributed by atoms with van der Waals surface area (Å²) in [5, 5.41) is 13.4. The van der Waals surface area contributed by atoms with E-state index in [0.29, 0.717) is 17.2 Å². The minimum absolute atomic E-state index is 0.143. The molecule has 1 aromatic carbocycles. The van der Waals surface area contributed by atoms with E-state index in [9.17, 15) is 9.59 Å². The van der Waals surface area contributed by atoms with Gasteiger partial charge in [0.25, 0.3) is 5.91 Å². The normalized spacial score (nSPS) is 11.8. The molecule has 1 aromatic heterocycles. The van der Waals surface area contributed by atoms with Gasteiger partial charge in [0.15, 0.2) is 6.61 Å². The summed E-state index contributed by atoms with van der Waals surface area (Å²) >= 11 is 1.38. The van der Waals surface area contributed by atoms with Gasteiger partial charge in [0.1, 0.15) is 5.75 Å². The van der Waals surface area contributed by atoms with Crippen molar-refractivity contribution in [2.45, 2.75) is 19.6 Å². The number of methoxy groups -OCH3 is 1. The first-order valence-corrected chi connectivity index (χ1v) is 8.20. The summed E-state index contributed by atoms with van der Waals surface area (Å²) in [6, 6.07) is 8.65. The number of hydrogen-bond donors (Lipinski definition) is 2. The van der Waals surface area contributed by atoms with Gasteiger partial charge in [0.2, 0.25) is 0 Å². The highest BCUT2D eigenvalue weighted by atomic mass is 32.1. The highest BCUT2D eigenvalue weighted by molar-refractivity contribution is 7.12. The first-order valence-electron chi connectivity index (χ1n) is 7.32. The van der Waals surface area contributed by atoms with Gasteiger partial charge in [-0.2, -0.15) is 0 Å². The van der Waals surface area contributed by atoms with E-state index in [1.54, 1.807) is 31.4 Å². The van der Waals surface area contributed by atoms with Gasteiger partial charge in [-0.3, -0.25) is 4.79 Å². The summed E-state index contributed by atoms with van der Waals surface area (Å²) in [6.45, 7) is 1.90. The number of nitrogens with one attached hydrogen (secondary N) is 1. The molecule has 1 atom stereocenters. The Morgan fingerprint density at radius 1 is 1.25 bits per heavy atom. The Balaban J connectivity index is 1.98. The molecule has 1 heterocycles. The van der Waals surface area contributed by atoms with E-state index in [0.717, 1.165) is 11.1 Å². The molecule has 2 aromatic rings. The molecule has 0 saturated carbocycles. The molecule has 0 aliphatic rings. The van der Waals surface area contributed by atoms with Crippen molar-refractivity contribution < 1.29 is 24.2 Å². The third kappa shape index (κ3) is 4.81. The van der Waals surface area contributed by atoms with Gasteiger partial charge in [0, 0.05) is 12.7 Å². The topological polar surface area (TPSA) is 84.9 Å². The van der Waals surface area contributed by atoms with Crippen LogP contribution in [0.3, 0.4) is 0 Å². The van der Waals surface area contributed by atoms with E-state index in [1.165, 1.54) is 11.3 Å². The third-order valence-electron chi connectivity index (χ3n) is 3.34. The predicted octanol–water partition coefficient (Wildman–Crippen LogP) is 2.85. The molecule has 6 nitrogen and oxygen atoms in total. The lowest BCUT2D eigenvalue weighted by atomic mass is 10.1. The number of rotatable bonds is 8. The fourth-order valence-electron chi connectivity index (χ4n) is 2.15. The predicted molar refractivity (Wildman–Crippen MR) is 90.5 cm³/mol. The molecule has 2 N–H and O–H groups in total. The first-order chi connectivity index (χ1) is 11.5. The Morgan fingerprint density at radius 2 is 1.96 bits per heavy atom. The van der Waals surface area contributed by atoms with Crippen molar-refractivity contribution >= 4 is 23.2 Å². The Labute approximate surface area is 144 Å². The molecule has 0 aliphatic heterocycles. The smallest absolute Gasteiger partial charge is 0.341 e. The Hall–Kier alpha value is -2.38. The van der Waals surface area contributed by atoms with Gasteiger partial charge in [-0.15, -0.1) is 11.3 Å². The summed E-state index contributed by atoms with van der Waals surface area (Å²) in [4.78, 5) is 23.5. The van der Waals surface area contributed by atoms with Gasteiger partial charge in [-0.05, 0) is 36.1 Å². The number of ether oxygens (including phenoxy) is 2. The molecule has 24 heavy (non-hydrogen) atoms. The van der Waals surface area contributed by atoms with E-state index >= 15 is 0 Å². The van der Waals surface area contributed by atoms with Crippen molar-refractivity contribution in [3.8, 4) is 5.75 Å². The van der Waals surface area contributed by atoms with Crippen LogP contribution in [-0.2, 0) is 16.1 Å². The zero-order valence-corrected chi connectivity index (χ0v) is 14.3. The minimum atomic E-state index is -1.03. The summed E-state index contributed by atoms with van der Waals surface area (Å²) in [5.74, 6) is -0.696. The maximum atomic E-state index is 12.4. The van der Waals surface area contributed by atoms with Crippen LogP contribution in [0.25, 0.3) is 0 Å². The van der Waals surface area contributed by atoms with Crippen molar-refractivity contribution in [1.82, 2.24) is 5.32 Å². The number of carbonyl (C=O) groups is 2. The fraction of sp³-hybridized carbons (Fsp3) is 0.294. The summed E-state index contributed by atoms with van der Waals surface area (Å²) in [7, 11) is 1.59. The lowest BCUT2D eigenvalue weighted by Crippen LogP contribution is -2.26. The van der Waals surface area contributed by atoms with Gasteiger partial charge < -0.3 is 19.9 Å². The zero-order chi connectivity index (χ0) is 17.5. The molecule has 0 saturated heterocycles. The molecule has 0 bridgehead atoms. The van der Waals surface area contributed by atoms with E-state index in [1.807, 2.05) is 18.4 Å². The molecule has 0 aliphatic carbocycles. The van der Waals surface area contributed by atoms with Crippen LogP contribution in [0.15, 0.2) is 35.7 Å². The molecule has 1 unspecified atom stereocenters. The maximum Gasteiger partial charge on any atom is 0.341 e. The SMILES string of the molecule is COCc1ccsc1C(=O)NC(C)c1ccc(OCC(=O)O)cc1. The summed E-state index contributed by atoms with van der Waals surface area (Å²) in [5.41, 5.74) is 1.76. The Morgan fingerprint density at radius 3 is 2.58 bits per heavy atom. The number of amides is 1. The van der Waals surface area contributed by atoms with Crippen LogP contribution in [0.1, 0.15) is 33.8 Å². The van der Waals surface area contributed by atoms with Crippen molar-refractivity contribution in [3.05, 3.63) is 51.7 Å². The summed E-state index contributed by atoms with van der Waals surface area (Å²) in [6.07, 6.45) is 0. The molecule has 1 amide bonds. The van der Waals surface area contributed by atoms with E-state index in [4.69, 9.17) is 14.6 Å². The van der Waals surface area contributed by atoms with Crippen LogP contribution >= 0.6 is 11.3 Å². The third-order valence-corrected chi connectivity index (χ3v) is 4.30. The van der Waals surface area contributed by atoms with E-state index in [-0.39, 0.29) is 18.6 Å². The first kappa shape index (κ1) is 18.0. The standard InChI is InChI=1S/C17H19NO5S/c1-11(12-3-5-14(6-4-12)23-10-15(19)20)18-17(21)16-13(9-22-2)7-8-24-16/h3-8,11H,9-10H2,1-2H3,(H,18,21)(H,19,20). The number of hydrogen-bond acceptors (Lipinski definition) is 5. The highest BCUT2D eigenvalue weighted by Gasteiger charge is 2.16. The molecular formula is C17H19NO5S. The molecule has 128 valence electrons. The highest BCUT2D eigenvalue weighted by Crippen LogP contribution is 2.21. The fourth-order valence-corrected chi connectivity index (χ4v) is 2.96. The van der Waals surface area contributed by atoms with Crippen LogP contribution in [0, 0.1) is 0 Å². The van der Waals surface area contributed by atoms with E-state index < -0.39 is 5.97 Å². The molecule has 2 rings (SSSR count). The average Bonchev–Trinajstić information content (AvgIpc) is 3.02. The minimum Gasteiger partial charge on any atom is -0.482 e. The van der Waals surface area contributed by atoms with Crippen LogP contribution < -0.4 is 10.1 Å². The molecule has 0 spiro atoms. The largest absolute Gasteiger partial charge is 0.482 e. The van der Waals surface area contributed by atoms with Crippen molar-refractivity contribution in [3.63, 3.8) is 0 Å². The second-order valence-electron chi connectivity index (χ2n) is 5.15. The van der Waals surface area contributed by atoms with Crippen LogP contribution in [0.4, 0.5) is 0 Å². The second kappa shape index (κ2) is 8.47. The molecule has 0 radical (unpaired) electrons.